The van der Waals surface area contributed by atoms with E-state index in [0.717, 1.165) is 94.3 Å². The van der Waals surface area contributed by atoms with Crippen molar-refractivity contribution in [2.75, 3.05) is 6.61 Å². The Labute approximate surface area is 660 Å². The van der Waals surface area contributed by atoms with Crippen LogP contribution >= 0.6 is 0 Å². The molecular formula is C86H146O19Si4. The van der Waals surface area contributed by atoms with Gasteiger partial charge in [-0.25, -0.2) is 0 Å². The summed E-state index contributed by atoms with van der Waals surface area (Å²) in [5, 5.41) is 0.0566. The summed E-state index contributed by atoms with van der Waals surface area (Å²) in [6, 6.07) is 13.3. The van der Waals surface area contributed by atoms with Gasteiger partial charge in [0.15, 0.2) is 30.7 Å². The van der Waals surface area contributed by atoms with Gasteiger partial charge in [0, 0.05) is 83.7 Å². The van der Waals surface area contributed by atoms with Gasteiger partial charge in [0.05, 0.1) is 170 Å². The minimum atomic E-state index is -2.67. The van der Waals surface area contributed by atoms with Crippen molar-refractivity contribution in [1.82, 2.24) is 0 Å². The molecule has 13 aliphatic rings. The van der Waals surface area contributed by atoms with Gasteiger partial charge >= 0.3 is 0 Å². The molecule has 13 heterocycles. The number of hydrogen-bond donors (Lipinski definition) is 0. The first-order chi connectivity index (χ1) is 51.4. The zero-order valence-corrected chi connectivity index (χ0v) is 75.1. The minimum Gasteiger partial charge on any atom is -0.411 e. The van der Waals surface area contributed by atoms with Crippen LogP contribution < -0.4 is 0 Å². The van der Waals surface area contributed by atoms with Gasteiger partial charge in [0.25, 0.3) is 0 Å². The van der Waals surface area contributed by atoms with E-state index in [1.54, 1.807) is 0 Å². The Kier molecular flexibility index (Phi) is 25.6. The molecule has 1 aromatic rings. The Morgan fingerprint density at radius 3 is 1.52 bits per heavy atom. The van der Waals surface area contributed by atoms with E-state index in [1.807, 2.05) is 6.07 Å². The Balaban J connectivity index is 0.675. The molecule has 13 aliphatic heterocycles. The summed E-state index contributed by atoms with van der Waals surface area (Å²) in [7, 11) is -9.37. The van der Waals surface area contributed by atoms with E-state index in [-0.39, 0.29) is 167 Å². The summed E-state index contributed by atoms with van der Waals surface area (Å²) < 4.78 is 131. The summed E-state index contributed by atoms with van der Waals surface area (Å²) in [6.07, 6.45) is 5.34. The van der Waals surface area contributed by atoms with Crippen molar-refractivity contribution < 1.29 is 88.8 Å². The smallest absolute Gasteiger partial charge is 0.201 e. The number of carbonyl (C=O) groups is 1. The average Bonchev–Trinajstić information content (AvgIpc) is 1.74. The molecule has 0 radical (unpaired) electrons. The average molecular weight is 1600 g/mol. The van der Waals surface area contributed by atoms with Crippen molar-refractivity contribution in [2.45, 2.75) is 494 Å². The van der Waals surface area contributed by atoms with Crippen LogP contribution in [0.4, 0.5) is 0 Å². The summed E-state index contributed by atoms with van der Waals surface area (Å²) in [5.74, 6) is -0.0165. The van der Waals surface area contributed by atoms with Gasteiger partial charge < -0.3 is 84.0 Å². The lowest BCUT2D eigenvalue weighted by atomic mass is 9.80. The van der Waals surface area contributed by atoms with Crippen LogP contribution in [0.5, 0.6) is 0 Å². The summed E-state index contributed by atoms with van der Waals surface area (Å²) in [5.41, 5.74) is 0.646. The molecule has 0 bridgehead atoms. The molecule has 13 fully saturated rings. The van der Waals surface area contributed by atoms with Crippen LogP contribution in [0.1, 0.15) is 239 Å². The van der Waals surface area contributed by atoms with Gasteiger partial charge in [0.2, 0.25) is 8.32 Å². The first kappa shape index (κ1) is 84.5. The maximum Gasteiger partial charge on any atom is 0.201 e. The normalized spacial score (nSPS) is 43.6. The van der Waals surface area contributed by atoms with Crippen molar-refractivity contribution >= 4 is 39.1 Å². The highest BCUT2D eigenvalue weighted by Gasteiger charge is 2.63. The van der Waals surface area contributed by atoms with Crippen LogP contribution in [0.2, 0.25) is 71.0 Å². The molecule has 0 aliphatic carbocycles. The van der Waals surface area contributed by atoms with Crippen LogP contribution in [0.3, 0.4) is 0 Å². The Morgan fingerprint density at radius 1 is 0.468 bits per heavy atom. The number of fused-ring (bicyclic) bond motifs is 11. The molecule has 1 aromatic carbocycles. The maximum atomic E-state index is 16.3. The quantitative estimate of drug-likeness (QED) is 0.0836. The fourth-order valence-electron chi connectivity index (χ4n) is 22.1. The summed E-state index contributed by atoms with van der Waals surface area (Å²) in [6.45, 7) is 51.7. The van der Waals surface area contributed by atoms with Crippen molar-refractivity contribution in [1.29, 1.82) is 0 Å². The van der Waals surface area contributed by atoms with Gasteiger partial charge in [0.1, 0.15) is 18.3 Å². The first-order valence-corrected chi connectivity index (χ1v) is 54.3. The Hall–Kier alpha value is -0.962. The van der Waals surface area contributed by atoms with E-state index in [0.29, 0.717) is 51.7 Å². The monoisotopic (exact) mass is 1590 g/mol. The molecule has 13 saturated heterocycles. The first-order valence-electron chi connectivity index (χ1n) is 43.8. The number of hydrogen-bond acceptors (Lipinski definition) is 19. The second-order valence-electron chi connectivity index (χ2n) is 40.6. The van der Waals surface area contributed by atoms with E-state index < -0.39 is 81.1 Å². The number of benzene rings is 1. The topological polar surface area (TPSA) is 183 Å². The van der Waals surface area contributed by atoms with E-state index in [1.165, 1.54) is 0 Å². The third-order valence-electron chi connectivity index (χ3n) is 30.5. The zero-order valence-electron chi connectivity index (χ0n) is 71.1. The molecule has 0 amide bonds. The largest absolute Gasteiger partial charge is 0.411 e. The van der Waals surface area contributed by atoms with E-state index in [9.17, 15) is 0 Å². The molecule has 0 saturated carbocycles. The van der Waals surface area contributed by atoms with Crippen LogP contribution in [-0.4, -0.2) is 228 Å². The second kappa shape index (κ2) is 33.0. The highest BCUT2D eigenvalue weighted by Crippen LogP contribution is 2.54. The summed E-state index contributed by atoms with van der Waals surface area (Å²) >= 11 is 0. The van der Waals surface area contributed by atoms with Crippen molar-refractivity contribution in [3.8, 4) is 0 Å². The highest BCUT2D eigenvalue weighted by molar-refractivity contribution is 6.78. The fourth-order valence-corrected chi connectivity index (χ4v) is 33.2. The van der Waals surface area contributed by atoms with E-state index in [4.69, 9.17) is 84.0 Å². The molecule has 0 unspecified atom stereocenters. The molecule has 30 atom stereocenters. The van der Waals surface area contributed by atoms with Crippen molar-refractivity contribution in [3.63, 3.8) is 0 Å². The molecule has 620 valence electrons. The van der Waals surface area contributed by atoms with E-state index in [2.05, 4.69) is 175 Å². The number of rotatable bonds is 21. The van der Waals surface area contributed by atoms with Gasteiger partial charge in [-0.1, -0.05) is 134 Å². The van der Waals surface area contributed by atoms with Crippen LogP contribution in [0.25, 0.3) is 0 Å². The molecule has 14 rings (SSSR count). The molecule has 0 spiro atoms. The van der Waals surface area contributed by atoms with Gasteiger partial charge in [-0.05, 0) is 129 Å². The molecule has 0 N–H and O–H groups in total. The van der Waals surface area contributed by atoms with Gasteiger partial charge in [-0.2, -0.15) is 0 Å². The fraction of sp³-hybridized carbons (Fsp3) is 0.919. The lowest BCUT2D eigenvalue weighted by Crippen LogP contribution is -2.65. The lowest BCUT2D eigenvalue weighted by Gasteiger charge is -2.56. The van der Waals surface area contributed by atoms with Crippen LogP contribution in [-0.2, 0) is 95.4 Å². The lowest BCUT2D eigenvalue weighted by molar-refractivity contribution is -0.326. The molecular weight excluding hydrogens is 1450 g/mol. The van der Waals surface area contributed by atoms with Crippen LogP contribution in [0.15, 0.2) is 30.3 Å². The predicted octanol–water partition coefficient (Wildman–Crippen LogP) is 16.9. The number of Topliss-reactive ketones (excluding diaryl/α,β-unsaturated/α-hetero) is 1. The number of ketones is 1. The highest BCUT2D eigenvalue weighted by atomic mass is 28.4. The zero-order chi connectivity index (χ0) is 77.9. The van der Waals surface area contributed by atoms with Crippen molar-refractivity contribution in [2.24, 2.45) is 0 Å². The minimum absolute atomic E-state index is 0.0110. The standard InChI is InChI=1S/C86H146O19Si4/c1-23-108(24-2,25-3)104-78-48-86(18)80(34-32-57-72(101-86)42-66-63(92-57)39-65-64(93-66)40-69-77(96-65)47-85(17)79(97-69)33-31-56-71(100-85)41-60-62(91-56)38-58(53(10)89-60)102-106(19,20)83(11,12)13)98-70(78)43-73-81(87)74(105-109(50(4)5,51(6)7)52(8)9)44-68-67(94-73)45-75-82(99-68)76(103-107(21,22)84(14,15)16)46-61-59(95-75)37-55(90-61)35-36-88-49-54-29-27-26-28-30-54/h26-30,50-53,55-80,82H,23-25,31-49H2,1-22H3/t53-,55+,56+,57+,58+,59+,60+,61-,62-,63-,64-,65+,66+,67+,68-,69+,70+,71-,72-,73-,74+,75-,76+,77-,78-,79-,80-,82-,85+,86+/m1/s1. The van der Waals surface area contributed by atoms with Crippen molar-refractivity contribution in [3.05, 3.63) is 35.9 Å². The predicted molar refractivity (Wildman–Crippen MR) is 429 cm³/mol. The van der Waals surface area contributed by atoms with Gasteiger partial charge in [-0.3, -0.25) is 4.79 Å². The van der Waals surface area contributed by atoms with Gasteiger partial charge in [-0.15, -0.1) is 0 Å². The third kappa shape index (κ3) is 17.3. The Bertz CT molecular complexity index is 3150. The SMILES string of the molecule is CC[Si](CC)(CC)O[C@@H]1C[C@]2(C)O[C@@H]3C[C@@H]4O[C@@H]5C[C@@H]6O[C@@H]7CC[C@@H]8O[C@@H]9C[C@H](O[Si](C)(C)C(C)(C)C)[C@@H](C)O[C@H]9C[C@H]8O[C@@]7(C)C[C@H]6O[C@H]5C[C@H]4O[C@H]3CC[C@H]2O[C@H]1C[C@H]1O[C@H]2C[C@H]3O[C@H]4C[C@H](CCOCc5ccccc5)O[C@@H]4C[C@H](O[Si](C)(C)C(C)(C)C)[C@@H]3O[C@@H]2C[C@H](O[Si](C(C)C)(C(C)C)C(C)C)C1=O. The number of ether oxygens (including phenoxy) is 14. The Morgan fingerprint density at radius 2 is 0.936 bits per heavy atom. The maximum absolute atomic E-state index is 16.3. The summed E-state index contributed by atoms with van der Waals surface area (Å²) in [4.78, 5) is 16.3. The molecule has 19 nitrogen and oxygen atoms in total. The van der Waals surface area contributed by atoms with Crippen LogP contribution in [0, 0.1) is 0 Å². The number of carbonyl (C=O) groups excluding carboxylic acids is 1. The molecule has 23 heteroatoms. The van der Waals surface area contributed by atoms with E-state index >= 15 is 4.79 Å². The third-order valence-corrected chi connectivity index (χ3v) is 50.3. The molecule has 109 heavy (non-hydrogen) atoms. The molecule has 0 aromatic heterocycles. The second-order valence-corrected chi connectivity index (χ2v) is 60.3.